The zero-order chi connectivity index (χ0) is 23.8. The molecule has 0 aliphatic carbocycles. The number of urea groups is 1. The smallest absolute Gasteiger partial charge is 0.325 e. The van der Waals surface area contributed by atoms with Crippen molar-refractivity contribution in [1.29, 1.82) is 0 Å². The second kappa shape index (κ2) is 8.50. The van der Waals surface area contributed by atoms with Crippen molar-refractivity contribution in [3.05, 3.63) is 60.6 Å². The Morgan fingerprint density at radius 2 is 1.88 bits per heavy atom. The predicted octanol–water partition coefficient (Wildman–Crippen LogP) is 2.48. The number of carbonyl (C=O) groups is 3. The summed E-state index contributed by atoms with van der Waals surface area (Å²) in [6.45, 7) is 5.02. The summed E-state index contributed by atoms with van der Waals surface area (Å²) in [5.74, 6) is -0.826. The summed E-state index contributed by atoms with van der Waals surface area (Å²) >= 11 is 0. The Hall–Kier alpha value is -4.01. The van der Waals surface area contributed by atoms with E-state index < -0.39 is 29.4 Å². The molecule has 0 bridgehead atoms. The van der Waals surface area contributed by atoms with E-state index in [-0.39, 0.29) is 6.54 Å². The third kappa shape index (κ3) is 4.34. The lowest BCUT2D eigenvalue weighted by Crippen LogP contribution is -2.49. The van der Waals surface area contributed by atoms with Gasteiger partial charge in [-0.1, -0.05) is 18.2 Å². The number of rotatable bonds is 6. The van der Waals surface area contributed by atoms with Gasteiger partial charge >= 0.3 is 6.03 Å². The van der Waals surface area contributed by atoms with Gasteiger partial charge in [0.2, 0.25) is 5.91 Å². The molecule has 0 saturated carbocycles. The van der Waals surface area contributed by atoms with Crippen molar-refractivity contribution < 1.29 is 14.4 Å². The van der Waals surface area contributed by atoms with Crippen LogP contribution in [0.1, 0.15) is 26.3 Å². The van der Waals surface area contributed by atoms with Crippen molar-refractivity contribution in [1.82, 2.24) is 30.3 Å². The fourth-order valence-electron chi connectivity index (χ4n) is 3.85. The number of amides is 4. The van der Waals surface area contributed by atoms with Crippen LogP contribution >= 0.6 is 0 Å². The fourth-order valence-corrected chi connectivity index (χ4v) is 3.85. The Labute approximate surface area is 191 Å². The summed E-state index contributed by atoms with van der Waals surface area (Å²) in [6.07, 6.45) is 5.44. The van der Waals surface area contributed by atoms with Crippen molar-refractivity contribution in [2.24, 2.45) is 7.05 Å². The van der Waals surface area contributed by atoms with Crippen LogP contribution in [0.2, 0.25) is 0 Å². The Balaban J connectivity index is 1.50. The lowest BCUT2D eigenvalue weighted by Gasteiger charge is -2.22. The summed E-state index contributed by atoms with van der Waals surface area (Å²) in [6, 6.07) is 10.1. The summed E-state index contributed by atoms with van der Waals surface area (Å²) in [4.78, 5) is 42.4. The number of hydrogen-bond donors (Lipinski definition) is 2. The van der Waals surface area contributed by atoms with Crippen LogP contribution in [0.5, 0.6) is 0 Å². The van der Waals surface area contributed by atoms with Gasteiger partial charge in [0.1, 0.15) is 17.3 Å². The van der Waals surface area contributed by atoms with Gasteiger partial charge in [-0.25, -0.2) is 9.69 Å². The van der Waals surface area contributed by atoms with Crippen molar-refractivity contribution in [2.75, 3.05) is 0 Å². The molecule has 3 heterocycles. The van der Waals surface area contributed by atoms with E-state index in [0.29, 0.717) is 0 Å². The highest BCUT2D eigenvalue weighted by Crippen LogP contribution is 2.31. The van der Waals surface area contributed by atoms with E-state index in [4.69, 9.17) is 0 Å². The minimum absolute atomic E-state index is 0.251. The first-order valence-electron chi connectivity index (χ1n) is 10.6. The van der Waals surface area contributed by atoms with Crippen LogP contribution in [0, 0.1) is 0 Å². The van der Waals surface area contributed by atoms with E-state index in [9.17, 15) is 14.4 Å². The summed E-state index contributed by atoms with van der Waals surface area (Å²) in [7, 11) is 1.87. The maximum absolute atomic E-state index is 12.7. The average molecular weight is 447 g/mol. The third-order valence-electron chi connectivity index (χ3n) is 5.65. The molecule has 2 N–H and O–H groups in total. The van der Waals surface area contributed by atoms with Gasteiger partial charge in [0.05, 0.1) is 0 Å². The normalized spacial score (nSPS) is 15.9. The number of nitrogens with zero attached hydrogens (tertiary/aromatic N) is 4. The number of aromatic nitrogens is 3. The number of nitrogens with one attached hydrogen (secondary N) is 2. The number of carbonyl (C=O) groups excluding carboxylic acids is 3. The quantitative estimate of drug-likeness (QED) is 0.566. The maximum atomic E-state index is 12.7. The standard InChI is InChI=1S/C24H26N6O3/c1-15(30-22(32)24(2,3)27-23(30)33)21(31)26-13-16-6-5-7-18(12-16)20-19(14-29(4)28-20)17-8-10-25-11-9-17/h5-12,14-15H,13H2,1-4H3,(H,26,31)(H,27,33)/t15-/m0/s1. The molecular formula is C24H26N6O3. The molecule has 4 amide bonds. The number of pyridine rings is 1. The summed E-state index contributed by atoms with van der Waals surface area (Å²) in [5.41, 5.74) is 3.59. The molecule has 1 atom stereocenters. The first-order valence-corrected chi connectivity index (χ1v) is 10.6. The molecule has 9 nitrogen and oxygen atoms in total. The summed E-state index contributed by atoms with van der Waals surface area (Å²) < 4.78 is 1.76. The van der Waals surface area contributed by atoms with Crippen molar-refractivity contribution in [3.8, 4) is 22.4 Å². The van der Waals surface area contributed by atoms with Gasteiger partial charge in [0, 0.05) is 43.3 Å². The van der Waals surface area contributed by atoms with Gasteiger partial charge in [0.15, 0.2) is 0 Å². The molecule has 3 aromatic rings. The second-order valence-corrected chi connectivity index (χ2v) is 8.63. The first kappa shape index (κ1) is 22.2. The molecule has 2 aromatic heterocycles. The molecule has 0 radical (unpaired) electrons. The van der Waals surface area contributed by atoms with Gasteiger partial charge in [-0.15, -0.1) is 0 Å². The minimum atomic E-state index is -1.02. The second-order valence-electron chi connectivity index (χ2n) is 8.63. The highest BCUT2D eigenvalue weighted by Gasteiger charge is 2.47. The lowest BCUT2D eigenvalue weighted by atomic mass is 10.0. The maximum Gasteiger partial charge on any atom is 0.325 e. The van der Waals surface area contributed by atoms with E-state index in [2.05, 4.69) is 20.7 Å². The molecule has 1 aliphatic rings. The van der Waals surface area contributed by atoms with Crippen LogP contribution in [0.25, 0.3) is 22.4 Å². The van der Waals surface area contributed by atoms with Crippen molar-refractivity contribution >= 4 is 17.8 Å². The predicted molar refractivity (Wildman–Crippen MR) is 123 cm³/mol. The highest BCUT2D eigenvalue weighted by molar-refractivity contribution is 6.09. The Morgan fingerprint density at radius 3 is 2.55 bits per heavy atom. The summed E-state index contributed by atoms with van der Waals surface area (Å²) in [5, 5.41) is 10.0. The molecular weight excluding hydrogens is 420 g/mol. The van der Waals surface area contributed by atoms with Crippen LogP contribution in [0.3, 0.4) is 0 Å². The van der Waals surface area contributed by atoms with Crippen molar-refractivity contribution in [3.63, 3.8) is 0 Å². The Kier molecular flexibility index (Phi) is 5.71. The highest BCUT2D eigenvalue weighted by atomic mass is 16.2. The van der Waals surface area contributed by atoms with E-state index in [1.54, 1.807) is 37.8 Å². The minimum Gasteiger partial charge on any atom is -0.350 e. The molecule has 170 valence electrons. The Bertz CT molecular complexity index is 1220. The van der Waals surface area contributed by atoms with E-state index in [1.165, 1.54) is 0 Å². The van der Waals surface area contributed by atoms with E-state index >= 15 is 0 Å². The van der Waals surface area contributed by atoms with Crippen molar-refractivity contribution in [2.45, 2.75) is 38.9 Å². The molecule has 0 unspecified atom stereocenters. The third-order valence-corrected chi connectivity index (χ3v) is 5.65. The molecule has 1 saturated heterocycles. The monoisotopic (exact) mass is 446 g/mol. The Morgan fingerprint density at radius 1 is 1.15 bits per heavy atom. The lowest BCUT2D eigenvalue weighted by molar-refractivity contribution is -0.137. The topological polar surface area (TPSA) is 109 Å². The largest absolute Gasteiger partial charge is 0.350 e. The average Bonchev–Trinajstić information content (AvgIpc) is 3.28. The molecule has 0 spiro atoms. The van der Waals surface area contributed by atoms with Gasteiger partial charge in [0.25, 0.3) is 5.91 Å². The molecule has 1 fully saturated rings. The molecule has 1 aromatic carbocycles. The number of aryl methyl sites for hydroxylation is 1. The molecule has 1 aliphatic heterocycles. The van der Waals surface area contributed by atoms with Crippen LogP contribution in [-0.2, 0) is 23.2 Å². The number of hydrogen-bond acceptors (Lipinski definition) is 5. The number of benzene rings is 1. The van der Waals surface area contributed by atoms with E-state index in [1.807, 2.05) is 49.6 Å². The molecule has 4 rings (SSSR count). The van der Waals surface area contributed by atoms with Gasteiger partial charge in [-0.2, -0.15) is 5.10 Å². The SMILES string of the molecule is C[C@@H](C(=O)NCc1cccc(-c2nn(C)cc2-c2ccncc2)c1)N1C(=O)NC(C)(C)C1=O. The molecule has 9 heteroatoms. The van der Waals surface area contributed by atoms with Gasteiger partial charge in [-0.05, 0) is 50.1 Å². The first-order chi connectivity index (χ1) is 15.7. The van der Waals surface area contributed by atoms with Crippen LogP contribution in [0.4, 0.5) is 4.79 Å². The van der Waals surface area contributed by atoms with Gasteiger partial charge < -0.3 is 10.6 Å². The zero-order valence-corrected chi connectivity index (χ0v) is 19.0. The van der Waals surface area contributed by atoms with Gasteiger partial charge in [-0.3, -0.25) is 19.3 Å². The van der Waals surface area contributed by atoms with E-state index in [0.717, 1.165) is 32.8 Å². The van der Waals surface area contributed by atoms with Crippen LogP contribution in [-0.4, -0.2) is 49.1 Å². The molecule has 33 heavy (non-hydrogen) atoms. The number of imide groups is 1. The fraction of sp³-hybridized carbons (Fsp3) is 0.292. The zero-order valence-electron chi connectivity index (χ0n) is 19.0. The van der Waals surface area contributed by atoms with Crippen LogP contribution in [0.15, 0.2) is 55.0 Å². The van der Waals surface area contributed by atoms with Crippen LogP contribution < -0.4 is 10.6 Å².